The first kappa shape index (κ1) is 37.5. The fourth-order valence-corrected chi connectivity index (χ4v) is 5.52. The largest absolute Gasteiger partial charge is 0.400 e. The molecule has 0 bridgehead atoms. The molecule has 0 amide bonds. The van der Waals surface area contributed by atoms with E-state index in [0.717, 1.165) is 37.9 Å². The molecule has 0 saturated heterocycles. The number of aliphatic hydroxyl groups excluding tert-OH is 3. The zero-order valence-corrected chi connectivity index (χ0v) is 23.2. The van der Waals surface area contributed by atoms with Crippen LogP contribution in [0.4, 0.5) is 8.78 Å². The summed E-state index contributed by atoms with van der Waals surface area (Å²) in [5.74, 6) is 3.50. The Labute approximate surface area is 223 Å². The second kappa shape index (κ2) is 24.6. The summed E-state index contributed by atoms with van der Waals surface area (Å²) < 4.78 is 24.2. The molecular weight excluding hydrogens is 478 g/mol. The highest BCUT2D eigenvalue weighted by Gasteiger charge is 2.28. The molecule has 0 radical (unpaired) electrons. The summed E-state index contributed by atoms with van der Waals surface area (Å²) in [5.41, 5.74) is 1.41. The second-order valence-electron chi connectivity index (χ2n) is 10.4. The number of carbonyl (C=O) groups is 2. The molecule has 2 aliphatic carbocycles. The second-order valence-corrected chi connectivity index (χ2v) is 10.4. The molecule has 0 aromatic carbocycles. The van der Waals surface area contributed by atoms with Gasteiger partial charge in [0.2, 0.25) is 0 Å². The molecule has 1 unspecified atom stereocenters. The standard InChI is InChI=1S/C24H40F2O.C4H6O2.CH4O.CH2O/c1-18(2)16-23(17-27)22-14-12-21(13-15-22)11-10-20-8-6-19(7-9-20)4-3-5-24(25)26;1-4(2-5)3-6;2*1-2/h5,19-23,27H,1,3-4,6-17H2,2H3;2,6H,1,3H2;2H,1H3;1H2. The van der Waals surface area contributed by atoms with E-state index in [0.29, 0.717) is 37.1 Å². The van der Waals surface area contributed by atoms with Crippen LogP contribution in [-0.2, 0) is 9.59 Å². The summed E-state index contributed by atoms with van der Waals surface area (Å²) in [5, 5.41) is 24.7. The van der Waals surface area contributed by atoms with Gasteiger partial charge >= 0.3 is 0 Å². The van der Waals surface area contributed by atoms with Crippen molar-refractivity contribution in [1.29, 1.82) is 0 Å². The molecule has 3 N–H and O–H groups in total. The minimum Gasteiger partial charge on any atom is -0.400 e. The van der Waals surface area contributed by atoms with Gasteiger partial charge in [0.15, 0.2) is 0 Å². The Balaban J connectivity index is 0. The van der Waals surface area contributed by atoms with E-state index < -0.39 is 6.08 Å². The fraction of sp³-hybridized carbons (Fsp3) is 0.733. The first-order valence-corrected chi connectivity index (χ1v) is 13.5. The Morgan fingerprint density at radius 1 is 0.865 bits per heavy atom. The quantitative estimate of drug-likeness (QED) is 0.149. The molecule has 0 spiro atoms. The molecule has 2 rings (SSSR count). The molecule has 0 aliphatic heterocycles. The highest BCUT2D eigenvalue weighted by atomic mass is 19.3. The molecule has 0 heterocycles. The van der Waals surface area contributed by atoms with Gasteiger partial charge in [-0.1, -0.05) is 63.5 Å². The third-order valence-corrected chi connectivity index (χ3v) is 7.60. The maximum atomic E-state index is 12.1. The predicted molar refractivity (Wildman–Crippen MR) is 147 cm³/mol. The van der Waals surface area contributed by atoms with E-state index in [1.807, 2.05) is 6.79 Å². The number of hydrogen-bond acceptors (Lipinski definition) is 5. The average Bonchev–Trinajstić information content (AvgIpc) is 2.93. The summed E-state index contributed by atoms with van der Waals surface area (Å²) in [6.45, 7) is 11.3. The first-order chi connectivity index (χ1) is 17.8. The van der Waals surface area contributed by atoms with Crippen molar-refractivity contribution in [1.82, 2.24) is 0 Å². The van der Waals surface area contributed by atoms with Crippen molar-refractivity contribution in [2.24, 2.45) is 29.6 Å². The van der Waals surface area contributed by atoms with Crippen molar-refractivity contribution in [3.05, 3.63) is 36.5 Å². The number of hydrogen-bond donors (Lipinski definition) is 3. The van der Waals surface area contributed by atoms with Gasteiger partial charge in [-0.3, -0.25) is 4.79 Å². The SMILES string of the molecule is C=C(C)CC(CO)C1CCC(CCC2CCC(CCC=C(F)F)CC2)CC1.C=C(C=O)CO.C=O.CO. The van der Waals surface area contributed by atoms with E-state index in [9.17, 15) is 18.7 Å². The van der Waals surface area contributed by atoms with E-state index in [1.54, 1.807) is 0 Å². The van der Waals surface area contributed by atoms with Crippen LogP contribution in [0, 0.1) is 29.6 Å². The first-order valence-electron chi connectivity index (χ1n) is 13.5. The van der Waals surface area contributed by atoms with Gasteiger partial charge in [-0.25, -0.2) is 0 Å². The van der Waals surface area contributed by atoms with Crippen LogP contribution in [0.1, 0.15) is 90.4 Å². The van der Waals surface area contributed by atoms with Crippen molar-refractivity contribution in [2.45, 2.75) is 90.4 Å². The zero-order valence-electron chi connectivity index (χ0n) is 23.2. The van der Waals surface area contributed by atoms with E-state index in [4.69, 9.17) is 15.0 Å². The Morgan fingerprint density at radius 2 is 1.30 bits per heavy atom. The van der Waals surface area contributed by atoms with Gasteiger partial charge < -0.3 is 20.1 Å². The van der Waals surface area contributed by atoms with Crippen molar-refractivity contribution >= 4 is 13.1 Å². The number of carbonyl (C=O) groups excluding carboxylic acids is 2. The molecule has 1 atom stereocenters. The van der Waals surface area contributed by atoms with E-state index in [-0.39, 0.29) is 12.2 Å². The van der Waals surface area contributed by atoms with Crippen molar-refractivity contribution < 1.29 is 33.7 Å². The summed E-state index contributed by atoms with van der Waals surface area (Å²) in [7, 11) is 1.00. The van der Waals surface area contributed by atoms with E-state index >= 15 is 0 Å². The molecule has 2 fully saturated rings. The normalized spacial score (nSPS) is 23.3. The van der Waals surface area contributed by atoms with Gasteiger partial charge in [-0.15, -0.1) is 6.58 Å². The van der Waals surface area contributed by atoms with Crippen LogP contribution in [0.15, 0.2) is 36.5 Å². The molecule has 37 heavy (non-hydrogen) atoms. The summed E-state index contributed by atoms with van der Waals surface area (Å²) in [4.78, 5) is 17.5. The maximum Gasteiger partial charge on any atom is 0.266 e. The van der Waals surface area contributed by atoms with Gasteiger partial charge in [-0.2, -0.15) is 8.78 Å². The van der Waals surface area contributed by atoms with Gasteiger partial charge in [0.05, 0.1) is 6.61 Å². The monoisotopic (exact) mass is 530 g/mol. The molecule has 216 valence electrons. The summed E-state index contributed by atoms with van der Waals surface area (Å²) in [6, 6.07) is 0. The lowest BCUT2D eigenvalue weighted by Gasteiger charge is -2.34. The lowest BCUT2D eigenvalue weighted by atomic mass is 9.72. The molecule has 0 aromatic heterocycles. The van der Waals surface area contributed by atoms with Crippen LogP contribution in [0.25, 0.3) is 0 Å². The van der Waals surface area contributed by atoms with Crippen LogP contribution in [0.3, 0.4) is 0 Å². The number of aldehydes is 1. The molecule has 0 aromatic rings. The van der Waals surface area contributed by atoms with Crippen molar-refractivity contribution in [2.75, 3.05) is 20.3 Å². The zero-order chi connectivity index (χ0) is 28.6. The molecule has 2 saturated carbocycles. The average molecular weight is 531 g/mol. The Bertz CT molecular complexity index is 617. The molecular formula is C30H52F2O5. The lowest BCUT2D eigenvalue weighted by molar-refractivity contribution is -0.105. The van der Waals surface area contributed by atoms with Crippen LogP contribution >= 0.6 is 0 Å². The van der Waals surface area contributed by atoms with Crippen molar-refractivity contribution in [3.63, 3.8) is 0 Å². The number of halogens is 2. The molecule has 7 heteroatoms. The highest BCUT2D eigenvalue weighted by Crippen LogP contribution is 2.40. The third-order valence-electron chi connectivity index (χ3n) is 7.60. The van der Waals surface area contributed by atoms with Crippen LogP contribution < -0.4 is 0 Å². The van der Waals surface area contributed by atoms with Crippen LogP contribution in [-0.4, -0.2) is 48.7 Å². The topological polar surface area (TPSA) is 94.8 Å². The molecule has 5 nitrogen and oxygen atoms in total. The van der Waals surface area contributed by atoms with E-state index in [2.05, 4.69) is 20.1 Å². The Morgan fingerprint density at radius 3 is 1.62 bits per heavy atom. The molecule has 2 aliphatic rings. The van der Waals surface area contributed by atoms with Crippen LogP contribution in [0.5, 0.6) is 0 Å². The summed E-state index contributed by atoms with van der Waals surface area (Å²) in [6.07, 6.45) is 15.5. The number of allylic oxidation sites excluding steroid dienone is 2. The van der Waals surface area contributed by atoms with Gasteiger partial charge in [-0.05, 0) is 74.7 Å². The lowest BCUT2D eigenvalue weighted by Crippen LogP contribution is -2.25. The summed E-state index contributed by atoms with van der Waals surface area (Å²) >= 11 is 0. The third kappa shape index (κ3) is 19.1. The van der Waals surface area contributed by atoms with Gasteiger partial charge in [0, 0.05) is 19.3 Å². The Kier molecular flexibility index (Phi) is 24.9. The van der Waals surface area contributed by atoms with Gasteiger partial charge in [0.25, 0.3) is 6.08 Å². The fourth-order valence-electron chi connectivity index (χ4n) is 5.52. The smallest absolute Gasteiger partial charge is 0.266 e. The minimum atomic E-state index is -1.52. The van der Waals surface area contributed by atoms with Crippen molar-refractivity contribution in [3.8, 4) is 0 Å². The highest BCUT2D eigenvalue weighted by molar-refractivity contribution is 5.72. The maximum absolute atomic E-state index is 12.1. The van der Waals surface area contributed by atoms with Crippen LogP contribution in [0.2, 0.25) is 0 Å². The van der Waals surface area contributed by atoms with E-state index in [1.165, 1.54) is 69.8 Å². The number of aliphatic hydroxyl groups is 3. The van der Waals surface area contributed by atoms with Gasteiger partial charge in [0.1, 0.15) is 13.1 Å². The minimum absolute atomic E-state index is 0.218. The predicted octanol–water partition coefficient (Wildman–Crippen LogP) is 6.67. The Hall–Kier alpha value is -1.70. The number of rotatable bonds is 12.